The fourth-order valence-electron chi connectivity index (χ4n) is 1.31. The van der Waals surface area contributed by atoms with Crippen LogP contribution in [0.15, 0.2) is 6.33 Å². The zero-order chi connectivity index (χ0) is 11.4. The molecule has 0 radical (unpaired) electrons. The van der Waals surface area contributed by atoms with Gasteiger partial charge in [0, 0.05) is 13.0 Å². The number of nitriles is 1. The van der Waals surface area contributed by atoms with E-state index in [2.05, 4.69) is 31.3 Å². The lowest BCUT2D eigenvalue weighted by atomic mass is 10.3. The number of fused-ring (bicyclic) bond motifs is 1. The van der Waals surface area contributed by atoms with Gasteiger partial charge in [-0.2, -0.15) is 15.2 Å². The van der Waals surface area contributed by atoms with E-state index < -0.39 is 0 Å². The number of unbranched alkanes of at least 4 members (excludes halogenated alkanes) is 1. The largest absolute Gasteiger partial charge is 0.368 e. The molecule has 2 aromatic heterocycles. The van der Waals surface area contributed by atoms with Crippen molar-refractivity contribution in [3.63, 3.8) is 0 Å². The van der Waals surface area contributed by atoms with Crippen molar-refractivity contribution in [2.24, 2.45) is 0 Å². The maximum absolute atomic E-state index is 8.41. The number of aromatic amines is 1. The van der Waals surface area contributed by atoms with E-state index in [0.717, 1.165) is 11.9 Å². The summed E-state index contributed by atoms with van der Waals surface area (Å²) in [5, 5.41) is 11.7. The van der Waals surface area contributed by atoms with Crippen LogP contribution in [0.25, 0.3) is 11.2 Å². The second kappa shape index (κ2) is 4.77. The first kappa shape index (κ1) is 10.6. The Morgan fingerprint density at radius 2 is 2.38 bits per heavy atom. The van der Waals surface area contributed by atoms with Crippen molar-refractivity contribution in [2.45, 2.75) is 12.8 Å². The maximum atomic E-state index is 8.41. The van der Waals surface area contributed by atoms with Crippen LogP contribution in [0.5, 0.6) is 0 Å². The molecule has 0 spiro atoms. The van der Waals surface area contributed by atoms with Gasteiger partial charge in [-0.15, -0.1) is 0 Å². The van der Waals surface area contributed by atoms with Gasteiger partial charge in [-0.3, -0.25) is 0 Å². The van der Waals surface area contributed by atoms with Crippen LogP contribution in [-0.4, -0.2) is 26.5 Å². The Hall–Kier alpha value is -1.87. The molecule has 2 aromatic rings. The summed E-state index contributed by atoms with van der Waals surface area (Å²) in [5.41, 5.74) is 1.25. The fourth-order valence-corrected chi connectivity index (χ4v) is 1.47. The summed E-state index contributed by atoms with van der Waals surface area (Å²) in [4.78, 5) is 15.0. The first-order chi connectivity index (χ1) is 7.81. The van der Waals surface area contributed by atoms with E-state index in [1.54, 1.807) is 0 Å². The smallest absolute Gasteiger partial charge is 0.226 e. The third-order valence-electron chi connectivity index (χ3n) is 2.02. The normalized spacial score (nSPS) is 10.2. The highest BCUT2D eigenvalue weighted by Gasteiger charge is 2.07. The van der Waals surface area contributed by atoms with Crippen LogP contribution in [-0.2, 0) is 0 Å². The molecule has 2 N–H and O–H groups in total. The summed E-state index contributed by atoms with van der Waals surface area (Å²) in [6.07, 6.45) is 2.81. The van der Waals surface area contributed by atoms with Crippen LogP contribution in [0.4, 0.5) is 5.82 Å². The number of nitrogens with zero attached hydrogens (tertiary/aromatic N) is 4. The quantitative estimate of drug-likeness (QED) is 0.623. The number of imidazole rings is 1. The molecule has 0 fully saturated rings. The second-order valence-corrected chi connectivity index (χ2v) is 3.47. The highest BCUT2D eigenvalue weighted by Crippen LogP contribution is 2.18. The molecule has 82 valence electrons. The van der Waals surface area contributed by atoms with Crippen molar-refractivity contribution >= 4 is 28.6 Å². The molecule has 0 aromatic carbocycles. The van der Waals surface area contributed by atoms with E-state index in [9.17, 15) is 0 Å². The number of hydrogen-bond acceptors (Lipinski definition) is 5. The number of halogens is 1. The van der Waals surface area contributed by atoms with E-state index in [0.29, 0.717) is 24.4 Å². The summed E-state index contributed by atoms with van der Waals surface area (Å²) in [6.45, 7) is 0.662. The lowest BCUT2D eigenvalue weighted by Gasteiger charge is -2.04. The van der Waals surface area contributed by atoms with E-state index in [1.807, 2.05) is 0 Å². The highest BCUT2D eigenvalue weighted by atomic mass is 35.5. The third-order valence-corrected chi connectivity index (χ3v) is 2.19. The molecule has 0 saturated heterocycles. The molecular formula is C9H9ClN6. The molecule has 2 heterocycles. The van der Waals surface area contributed by atoms with Gasteiger partial charge >= 0.3 is 0 Å². The van der Waals surface area contributed by atoms with Gasteiger partial charge in [0.1, 0.15) is 5.52 Å². The average molecular weight is 237 g/mol. The number of nitrogens with one attached hydrogen (secondary N) is 2. The summed E-state index contributed by atoms with van der Waals surface area (Å²) in [6, 6.07) is 2.08. The van der Waals surface area contributed by atoms with Crippen molar-refractivity contribution in [2.75, 3.05) is 11.9 Å². The summed E-state index contributed by atoms with van der Waals surface area (Å²) < 4.78 is 0. The molecule has 6 nitrogen and oxygen atoms in total. The Bertz CT molecular complexity index is 528. The van der Waals surface area contributed by atoms with Crippen LogP contribution >= 0.6 is 11.6 Å². The zero-order valence-corrected chi connectivity index (χ0v) is 9.12. The Morgan fingerprint density at radius 1 is 1.50 bits per heavy atom. The number of anilines is 1. The summed E-state index contributed by atoms with van der Waals surface area (Å²) in [7, 11) is 0. The fraction of sp³-hybridized carbons (Fsp3) is 0.333. The first-order valence-corrected chi connectivity index (χ1v) is 5.16. The molecule has 0 bridgehead atoms. The van der Waals surface area contributed by atoms with Gasteiger partial charge in [0.25, 0.3) is 0 Å². The zero-order valence-electron chi connectivity index (χ0n) is 8.37. The summed E-state index contributed by atoms with van der Waals surface area (Å²) in [5.74, 6) is 0.616. The lowest BCUT2D eigenvalue weighted by Crippen LogP contribution is -2.04. The number of H-pyrrole nitrogens is 1. The highest BCUT2D eigenvalue weighted by molar-refractivity contribution is 6.28. The van der Waals surface area contributed by atoms with Crippen molar-refractivity contribution in [1.82, 2.24) is 19.9 Å². The number of hydrogen-bond donors (Lipinski definition) is 2. The second-order valence-electron chi connectivity index (χ2n) is 3.13. The van der Waals surface area contributed by atoms with E-state index >= 15 is 0 Å². The standard InChI is InChI=1S/C9H9ClN6/c10-9-15-7(12-4-2-1-3-11)6-8(16-9)14-5-13-6/h5H,1-2,4H2,(H2,12,13,14,15,16). The number of aromatic nitrogens is 4. The van der Waals surface area contributed by atoms with Gasteiger partial charge in [0.15, 0.2) is 11.5 Å². The molecular weight excluding hydrogens is 228 g/mol. The minimum atomic E-state index is 0.155. The minimum absolute atomic E-state index is 0.155. The Balaban J connectivity index is 2.16. The molecule has 0 atom stereocenters. The van der Waals surface area contributed by atoms with Gasteiger partial charge in [0.2, 0.25) is 5.28 Å². The van der Waals surface area contributed by atoms with Crippen molar-refractivity contribution in [3.8, 4) is 6.07 Å². The molecule has 0 amide bonds. The predicted molar refractivity (Wildman–Crippen MR) is 60.0 cm³/mol. The van der Waals surface area contributed by atoms with Crippen molar-refractivity contribution < 1.29 is 0 Å². The first-order valence-electron chi connectivity index (χ1n) is 4.78. The van der Waals surface area contributed by atoms with E-state index in [1.165, 1.54) is 6.33 Å². The van der Waals surface area contributed by atoms with Crippen LogP contribution in [0, 0.1) is 11.3 Å². The van der Waals surface area contributed by atoms with Crippen molar-refractivity contribution in [3.05, 3.63) is 11.6 Å². The Morgan fingerprint density at radius 3 is 3.19 bits per heavy atom. The van der Waals surface area contributed by atoms with Crippen LogP contribution in [0.2, 0.25) is 5.28 Å². The predicted octanol–water partition coefficient (Wildman–Crippen LogP) is 1.72. The van der Waals surface area contributed by atoms with Crippen molar-refractivity contribution in [1.29, 1.82) is 5.26 Å². The molecule has 0 aliphatic carbocycles. The molecule has 16 heavy (non-hydrogen) atoms. The van der Waals surface area contributed by atoms with Gasteiger partial charge < -0.3 is 10.3 Å². The maximum Gasteiger partial charge on any atom is 0.226 e. The molecule has 2 rings (SSSR count). The van der Waals surface area contributed by atoms with E-state index in [4.69, 9.17) is 16.9 Å². The lowest BCUT2D eigenvalue weighted by molar-refractivity contribution is 0.892. The monoisotopic (exact) mass is 236 g/mol. The van der Waals surface area contributed by atoms with Gasteiger partial charge in [-0.05, 0) is 18.0 Å². The molecule has 0 aliphatic rings. The number of rotatable bonds is 4. The van der Waals surface area contributed by atoms with Gasteiger partial charge in [-0.1, -0.05) is 0 Å². The molecule has 0 unspecified atom stereocenters. The minimum Gasteiger partial charge on any atom is -0.368 e. The Labute approximate surface area is 96.7 Å². The van der Waals surface area contributed by atoms with E-state index in [-0.39, 0.29) is 5.28 Å². The van der Waals surface area contributed by atoms with Crippen LogP contribution < -0.4 is 5.32 Å². The van der Waals surface area contributed by atoms with Crippen LogP contribution in [0.1, 0.15) is 12.8 Å². The third kappa shape index (κ3) is 2.20. The van der Waals surface area contributed by atoms with Crippen LogP contribution in [0.3, 0.4) is 0 Å². The van der Waals surface area contributed by atoms with Gasteiger partial charge in [0.05, 0.1) is 12.4 Å². The molecule has 0 aliphatic heterocycles. The average Bonchev–Trinajstić information content (AvgIpc) is 2.72. The summed E-state index contributed by atoms with van der Waals surface area (Å²) >= 11 is 5.75. The Kier molecular flexibility index (Phi) is 3.17. The molecule has 0 saturated carbocycles. The topological polar surface area (TPSA) is 90.3 Å². The molecule has 7 heteroatoms. The SMILES string of the molecule is N#CCCCNc1nc(Cl)nc2nc[nH]c12. The van der Waals surface area contributed by atoms with Gasteiger partial charge in [-0.25, -0.2) is 4.98 Å².